The van der Waals surface area contributed by atoms with E-state index in [1.165, 1.54) is 0 Å². The van der Waals surface area contributed by atoms with Gasteiger partial charge < -0.3 is 19.7 Å². The first-order valence-electron chi connectivity index (χ1n) is 7.18. The molecule has 0 saturated carbocycles. The zero-order valence-electron chi connectivity index (χ0n) is 13.2. The number of para-hydroxylation sites is 1. The summed E-state index contributed by atoms with van der Waals surface area (Å²) in [6, 6.07) is 5.72. The van der Waals surface area contributed by atoms with Gasteiger partial charge in [-0.15, -0.1) is 0 Å². The van der Waals surface area contributed by atoms with E-state index < -0.39 is 0 Å². The Kier molecular flexibility index (Phi) is 4.73. The second-order valence-electron chi connectivity index (χ2n) is 5.80. The molecule has 1 aliphatic rings. The quantitative estimate of drug-likeness (QED) is 0.897. The molecule has 1 fully saturated rings. The third-order valence-electron chi connectivity index (χ3n) is 4.12. The largest absolute Gasteiger partial charge is 0.493 e. The summed E-state index contributed by atoms with van der Waals surface area (Å²) in [6.07, 6.45) is 0.880. The van der Waals surface area contributed by atoms with Crippen molar-refractivity contribution in [3.63, 3.8) is 0 Å². The number of nitrogens with one attached hydrogen (secondary N) is 1. The number of hydrogen-bond donors (Lipinski definition) is 1. The molecular formula is C16H24N2O3. The van der Waals surface area contributed by atoms with Gasteiger partial charge in [0.1, 0.15) is 0 Å². The summed E-state index contributed by atoms with van der Waals surface area (Å²) in [5.74, 6) is 1.54. The Morgan fingerprint density at radius 1 is 1.38 bits per heavy atom. The van der Waals surface area contributed by atoms with Gasteiger partial charge >= 0.3 is 0 Å². The third-order valence-corrected chi connectivity index (χ3v) is 4.12. The summed E-state index contributed by atoms with van der Waals surface area (Å²) in [7, 11) is 5.07. The van der Waals surface area contributed by atoms with Gasteiger partial charge in [-0.05, 0) is 26.0 Å². The van der Waals surface area contributed by atoms with Crippen LogP contribution in [0.25, 0.3) is 0 Å². The molecule has 0 radical (unpaired) electrons. The number of ether oxygens (including phenoxy) is 2. The molecule has 1 atom stereocenters. The molecule has 5 heteroatoms. The van der Waals surface area contributed by atoms with Crippen LogP contribution in [0.5, 0.6) is 11.5 Å². The lowest BCUT2D eigenvalue weighted by Gasteiger charge is -2.29. The molecule has 1 aromatic rings. The third kappa shape index (κ3) is 3.13. The van der Waals surface area contributed by atoms with Crippen LogP contribution in [0, 0.1) is 5.41 Å². The highest BCUT2D eigenvalue weighted by Crippen LogP contribution is 2.33. The van der Waals surface area contributed by atoms with Crippen molar-refractivity contribution in [1.82, 2.24) is 10.2 Å². The lowest BCUT2D eigenvalue weighted by molar-refractivity contribution is -0.139. The zero-order valence-corrected chi connectivity index (χ0v) is 13.2. The molecule has 1 heterocycles. The molecular weight excluding hydrogens is 268 g/mol. The van der Waals surface area contributed by atoms with Crippen molar-refractivity contribution < 1.29 is 14.3 Å². The van der Waals surface area contributed by atoms with Crippen LogP contribution in [0.3, 0.4) is 0 Å². The van der Waals surface area contributed by atoms with Crippen LogP contribution in [-0.2, 0) is 11.3 Å². The average molecular weight is 292 g/mol. The maximum atomic E-state index is 12.6. The van der Waals surface area contributed by atoms with Crippen LogP contribution in [-0.4, -0.2) is 45.2 Å². The fraction of sp³-hybridized carbons (Fsp3) is 0.562. The smallest absolute Gasteiger partial charge is 0.229 e. The average Bonchev–Trinajstić information content (AvgIpc) is 2.94. The second kappa shape index (κ2) is 6.35. The van der Waals surface area contributed by atoms with Gasteiger partial charge in [-0.25, -0.2) is 0 Å². The van der Waals surface area contributed by atoms with Gasteiger partial charge in [0.15, 0.2) is 11.5 Å². The van der Waals surface area contributed by atoms with Crippen LogP contribution in [0.15, 0.2) is 18.2 Å². The van der Waals surface area contributed by atoms with E-state index in [1.54, 1.807) is 19.1 Å². The summed E-state index contributed by atoms with van der Waals surface area (Å²) >= 11 is 0. The minimum absolute atomic E-state index is 0.164. The minimum atomic E-state index is -0.305. The number of nitrogens with zero attached hydrogens (tertiary/aromatic N) is 1. The van der Waals surface area contributed by atoms with Gasteiger partial charge in [0, 0.05) is 25.7 Å². The molecule has 1 amide bonds. The Balaban J connectivity index is 2.16. The maximum Gasteiger partial charge on any atom is 0.229 e. The van der Waals surface area contributed by atoms with Gasteiger partial charge in [-0.2, -0.15) is 0 Å². The number of amides is 1. The van der Waals surface area contributed by atoms with Gasteiger partial charge in [-0.3, -0.25) is 4.79 Å². The molecule has 0 bridgehead atoms. The van der Waals surface area contributed by atoms with E-state index in [-0.39, 0.29) is 11.3 Å². The van der Waals surface area contributed by atoms with Crippen molar-refractivity contribution in [1.29, 1.82) is 0 Å². The predicted molar refractivity (Wildman–Crippen MR) is 81.6 cm³/mol. The summed E-state index contributed by atoms with van der Waals surface area (Å²) in [4.78, 5) is 14.4. The SMILES string of the molecule is COc1cccc(CN(C)C(=O)C2(C)CCNC2)c1OC. The molecule has 1 N–H and O–H groups in total. The zero-order chi connectivity index (χ0) is 15.5. The summed E-state index contributed by atoms with van der Waals surface area (Å²) < 4.78 is 10.7. The van der Waals surface area contributed by atoms with Crippen molar-refractivity contribution in [3.05, 3.63) is 23.8 Å². The first-order chi connectivity index (χ1) is 10.0. The fourth-order valence-corrected chi connectivity index (χ4v) is 2.87. The monoisotopic (exact) mass is 292 g/mol. The first kappa shape index (κ1) is 15.6. The van der Waals surface area contributed by atoms with Gasteiger partial charge in [0.05, 0.1) is 19.6 Å². The van der Waals surface area contributed by atoms with E-state index in [1.807, 2.05) is 32.2 Å². The predicted octanol–water partition coefficient (Wildman–Crippen LogP) is 1.66. The van der Waals surface area contributed by atoms with E-state index >= 15 is 0 Å². The Hall–Kier alpha value is -1.75. The lowest BCUT2D eigenvalue weighted by atomic mass is 9.88. The van der Waals surface area contributed by atoms with E-state index in [0.29, 0.717) is 18.0 Å². The van der Waals surface area contributed by atoms with Crippen molar-refractivity contribution in [2.24, 2.45) is 5.41 Å². The normalized spacial score (nSPS) is 21.1. The molecule has 5 nitrogen and oxygen atoms in total. The summed E-state index contributed by atoms with van der Waals surface area (Å²) in [5.41, 5.74) is 0.642. The molecule has 0 aromatic heterocycles. The van der Waals surface area contributed by atoms with Crippen LogP contribution >= 0.6 is 0 Å². The van der Waals surface area contributed by atoms with Crippen molar-refractivity contribution >= 4 is 5.91 Å². The van der Waals surface area contributed by atoms with Crippen molar-refractivity contribution in [2.75, 3.05) is 34.4 Å². The van der Waals surface area contributed by atoms with Crippen LogP contribution < -0.4 is 14.8 Å². The van der Waals surface area contributed by atoms with Gasteiger partial charge in [0.2, 0.25) is 5.91 Å². The molecule has 116 valence electrons. The molecule has 0 aliphatic carbocycles. The fourth-order valence-electron chi connectivity index (χ4n) is 2.87. The number of carbonyl (C=O) groups excluding carboxylic acids is 1. The topological polar surface area (TPSA) is 50.8 Å². The molecule has 21 heavy (non-hydrogen) atoms. The Labute approximate surface area is 126 Å². The molecule has 1 aliphatic heterocycles. The van der Waals surface area contributed by atoms with Gasteiger partial charge in [-0.1, -0.05) is 12.1 Å². The summed E-state index contributed by atoms with van der Waals surface area (Å²) in [5, 5.41) is 3.26. The Bertz CT molecular complexity index is 510. The molecule has 1 unspecified atom stereocenters. The van der Waals surface area contributed by atoms with Crippen molar-refractivity contribution in [2.45, 2.75) is 19.9 Å². The second-order valence-corrected chi connectivity index (χ2v) is 5.80. The number of rotatable bonds is 5. The number of carbonyl (C=O) groups is 1. The number of methoxy groups -OCH3 is 2. The summed E-state index contributed by atoms with van der Waals surface area (Å²) in [6.45, 7) is 4.17. The van der Waals surface area contributed by atoms with E-state index in [4.69, 9.17) is 9.47 Å². The van der Waals surface area contributed by atoms with E-state index in [9.17, 15) is 4.79 Å². The van der Waals surface area contributed by atoms with Crippen LogP contribution in [0.4, 0.5) is 0 Å². The van der Waals surface area contributed by atoms with E-state index in [2.05, 4.69) is 5.32 Å². The first-order valence-corrected chi connectivity index (χ1v) is 7.18. The Morgan fingerprint density at radius 3 is 2.71 bits per heavy atom. The lowest BCUT2D eigenvalue weighted by Crippen LogP contribution is -2.41. The van der Waals surface area contributed by atoms with Crippen LogP contribution in [0.2, 0.25) is 0 Å². The molecule has 2 rings (SSSR count). The number of benzene rings is 1. The highest BCUT2D eigenvalue weighted by molar-refractivity contribution is 5.82. The van der Waals surface area contributed by atoms with Gasteiger partial charge in [0.25, 0.3) is 0 Å². The highest BCUT2D eigenvalue weighted by Gasteiger charge is 2.38. The minimum Gasteiger partial charge on any atom is -0.493 e. The molecule has 1 saturated heterocycles. The van der Waals surface area contributed by atoms with E-state index in [0.717, 1.165) is 25.1 Å². The highest BCUT2D eigenvalue weighted by atomic mass is 16.5. The Morgan fingerprint density at radius 2 is 2.14 bits per heavy atom. The number of hydrogen-bond acceptors (Lipinski definition) is 4. The van der Waals surface area contributed by atoms with Crippen molar-refractivity contribution in [3.8, 4) is 11.5 Å². The maximum absolute atomic E-state index is 12.6. The molecule has 1 aromatic carbocycles. The standard InChI is InChI=1S/C16H24N2O3/c1-16(8-9-17-11-16)15(19)18(2)10-12-6-5-7-13(20-3)14(12)21-4/h5-7,17H,8-11H2,1-4H3. The van der Waals surface area contributed by atoms with Crippen LogP contribution in [0.1, 0.15) is 18.9 Å². The molecule has 0 spiro atoms.